The summed E-state index contributed by atoms with van der Waals surface area (Å²) in [5.41, 5.74) is 1.21. The monoisotopic (exact) mass is 295 g/mol. The predicted octanol–water partition coefficient (Wildman–Crippen LogP) is 3.94. The van der Waals surface area contributed by atoms with Crippen molar-refractivity contribution < 1.29 is 9.53 Å². The number of carbonyl (C=O) groups is 1. The van der Waals surface area contributed by atoms with E-state index in [-0.39, 0.29) is 5.97 Å². The number of halogens is 1. The fourth-order valence-corrected chi connectivity index (χ4v) is 3.91. The molecule has 19 heavy (non-hydrogen) atoms. The number of methoxy groups -OCH3 is 1. The summed E-state index contributed by atoms with van der Waals surface area (Å²) in [5, 5.41) is 1.43. The fourth-order valence-electron chi connectivity index (χ4n) is 2.45. The van der Waals surface area contributed by atoms with Gasteiger partial charge in [-0.2, -0.15) is 0 Å². The SMILES string of the molecule is COC(=O)c1sc2cc(N3CCCC3)ccc2c1Cl. The first-order chi connectivity index (χ1) is 9.20. The van der Waals surface area contributed by atoms with Crippen LogP contribution in [0.25, 0.3) is 10.1 Å². The van der Waals surface area contributed by atoms with Gasteiger partial charge in [0.2, 0.25) is 0 Å². The maximum atomic E-state index is 11.6. The van der Waals surface area contributed by atoms with E-state index in [1.54, 1.807) is 0 Å². The molecule has 2 aromatic rings. The van der Waals surface area contributed by atoms with Crippen LogP contribution in [0.15, 0.2) is 18.2 Å². The topological polar surface area (TPSA) is 29.5 Å². The standard InChI is InChI=1S/C14H14ClNO2S/c1-18-14(17)13-12(15)10-5-4-9(8-11(10)19-13)16-6-2-3-7-16/h4-5,8H,2-3,6-7H2,1H3. The molecular formula is C14H14ClNO2S. The Bertz CT molecular complexity index is 632. The minimum atomic E-state index is -0.367. The number of hydrogen-bond acceptors (Lipinski definition) is 4. The first-order valence-corrected chi connectivity index (χ1v) is 7.45. The number of hydrogen-bond donors (Lipinski definition) is 0. The zero-order valence-electron chi connectivity index (χ0n) is 10.6. The minimum absolute atomic E-state index is 0.367. The second-order valence-electron chi connectivity index (χ2n) is 4.61. The highest BCUT2D eigenvalue weighted by Crippen LogP contribution is 2.38. The number of anilines is 1. The zero-order chi connectivity index (χ0) is 13.4. The van der Waals surface area contributed by atoms with Crippen molar-refractivity contribution in [1.29, 1.82) is 0 Å². The quantitative estimate of drug-likeness (QED) is 0.786. The number of ether oxygens (including phenoxy) is 1. The summed E-state index contributed by atoms with van der Waals surface area (Å²) < 4.78 is 5.79. The van der Waals surface area contributed by atoms with Gasteiger partial charge in [0.1, 0.15) is 4.88 Å². The molecule has 1 aromatic carbocycles. The highest BCUT2D eigenvalue weighted by molar-refractivity contribution is 7.21. The molecule has 100 valence electrons. The molecule has 2 heterocycles. The van der Waals surface area contributed by atoms with E-state index in [1.165, 1.54) is 37.0 Å². The second kappa shape index (κ2) is 5.02. The molecule has 0 bridgehead atoms. The number of thiophene rings is 1. The maximum absolute atomic E-state index is 11.6. The van der Waals surface area contributed by atoms with Gasteiger partial charge in [-0.15, -0.1) is 11.3 Å². The Balaban J connectivity index is 2.05. The Morgan fingerprint density at radius 1 is 1.37 bits per heavy atom. The van der Waals surface area contributed by atoms with E-state index in [0.29, 0.717) is 9.90 Å². The molecule has 1 fully saturated rings. The van der Waals surface area contributed by atoms with Crippen LogP contribution in [0.5, 0.6) is 0 Å². The molecule has 0 spiro atoms. The molecule has 5 heteroatoms. The Hall–Kier alpha value is -1.26. The van der Waals surface area contributed by atoms with Gasteiger partial charge in [0, 0.05) is 28.9 Å². The molecule has 1 aliphatic heterocycles. The third kappa shape index (κ3) is 2.19. The largest absolute Gasteiger partial charge is 0.465 e. The van der Waals surface area contributed by atoms with Crippen molar-refractivity contribution >= 4 is 44.7 Å². The summed E-state index contributed by atoms with van der Waals surface area (Å²) >= 11 is 7.64. The Morgan fingerprint density at radius 2 is 2.11 bits per heavy atom. The molecule has 0 unspecified atom stereocenters. The van der Waals surface area contributed by atoms with E-state index in [9.17, 15) is 4.79 Å². The average Bonchev–Trinajstić information content (AvgIpc) is 3.06. The molecule has 3 rings (SSSR count). The van der Waals surface area contributed by atoms with Crippen LogP contribution in [0.4, 0.5) is 5.69 Å². The normalized spacial score (nSPS) is 15.2. The number of nitrogens with zero attached hydrogens (tertiary/aromatic N) is 1. The van der Waals surface area contributed by atoms with Crippen LogP contribution in [0.1, 0.15) is 22.5 Å². The lowest BCUT2D eigenvalue weighted by atomic mass is 10.2. The number of fused-ring (bicyclic) bond motifs is 1. The van der Waals surface area contributed by atoms with Crippen LogP contribution in [0, 0.1) is 0 Å². The van der Waals surface area contributed by atoms with Gasteiger partial charge in [-0.05, 0) is 31.0 Å². The van der Waals surface area contributed by atoms with E-state index in [2.05, 4.69) is 17.0 Å². The molecule has 0 N–H and O–H groups in total. The molecule has 0 radical (unpaired) electrons. The van der Waals surface area contributed by atoms with Crippen LogP contribution in [-0.2, 0) is 4.74 Å². The molecule has 1 aliphatic rings. The van der Waals surface area contributed by atoms with E-state index in [0.717, 1.165) is 23.2 Å². The number of benzene rings is 1. The minimum Gasteiger partial charge on any atom is -0.465 e. The number of rotatable bonds is 2. The summed E-state index contributed by atoms with van der Waals surface area (Å²) in [4.78, 5) is 14.5. The van der Waals surface area contributed by atoms with Crippen LogP contribution in [0.3, 0.4) is 0 Å². The van der Waals surface area contributed by atoms with Crippen molar-refractivity contribution in [2.75, 3.05) is 25.1 Å². The van der Waals surface area contributed by atoms with E-state index in [1.807, 2.05) is 6.07 Å². The summed E-state index contributed by atoms with van der Waals surface area (Å²) in [6.45, 7) is 2.21. The summed E-state index contributed by atoms with van der Waals surface area (Å²) in [5.74, 6) is -0.367. The lowest BCUT2D eigenvalue weighted by Crippen LogP contribution is -2.17. The summed E-state index contributed by atoms with van der Waals surface area (Å²) in [6, 6.07) is 6.19. The van der Waals surface area contributed by atoms with Crippen molar-refractivity contribution in [2.24, 2.45) is 0 Å². The summed E-state index contributed by atoms with van der Waals surface area (Å²) in [7, 11) is 1.37. The lowest BCUT2D eigenvalue weighted by Gasteiger charge is -2.17. The third-order valence-corrected chi connectivity index (χ3v) is 5.09. The van der Waals surface area contributed by atoms with Gasteiger partial charge < -0.3 is 9.64 Å². The lowest BCUT2D eigenvalue weighted by molar-refractivity contribution is 0.0606. The van der Waals surface area contributed by atoms with Gasteiger partial charge in [-0.25, -0.2) is 4.79 Å². The number of esters is 1. The fraction of sp³-hybridized carbons (Fsp3) is 0.357. The molecule has 0 aliphatic carbocycles. The smallest absolute Gasteiger partial charge is 0.349 e. The average molecular weight is 296 g/mol. The molecule has 0 atom stereocenters. The maximum Gasteiger partial charge on any atom is 0.349 e. The predicted molar refractivity (Wildman–Crippen MR) is 79.6 cm³/mol. The highest BCUT2D eigenvalue weighted by atomic mass is 35.5. The zero-order valence-corrected chi connectivity index (χ0v) is 12.2. The second-order valence-corrected chi connectivity index (χ2v) is 6.04. The van der Waals surface area contributed by atoms with Crippen molar-refractivity contribution in [3.63, 3.8) is 0 Å². The van der Waals surface area contributed by atoms with Gasteiger partial charge in [0.05, 0.1) is 12.1 Å². The van der Waals surface area contributed by atoms with Crippen LogP contribution >= 0.6 is 22.9 Å². The van der Waals surface area contributed by atoms with Crippen LogP contribution < -0.4 is 4.90 Å². The van der Waals surface area contributed by atoms with Gasteiger partial charge >= 0.3 is 5.97 Å². The van der Waals surface area contributed by atoms with E-state index in [4.69, 9.17) is 16.3 Å². The van der Waals surface area contributed by atoms with Crippen molar-refractivity contribution in [2.45, 2.75) is 12.8 Å². The molecule has 0 saturated carbocycles. The Kier molecular flexibility index (Phi) is 3.37. The molecule has 1 saturated heterocycles. The van der Waals surface area contributed by atoms with Crippen LogP contribution in [-0.4, -0.2) is 26.2 Å². The van der Waals surface area contributed by atoms with Crippen LogP contribution in [0.2, 0.25) is 5.02 Å². The molecule has 3 nitrogen and oxygen atoms in total. The molecular weight excluding hydrogens is 282 g/mol. The van der Waals surface area contributed by atoms with Gasteiger partial charge in [0.25, 0.3) is 0 Å². The molecule has 0 amide bonds. The van der Waals surface area contributed by atoms with Crippen molar-refractivity contribution in [1.82, 2.24) is 0 Å². The van der Waals surface area contributed by atoms with Gasteiger partial charge in [0.15, 0.2) is 0 Å². The van der Waals surface area contributed by atoms with E-state index < -0.39 is 0 Å². The Morgan fingerprint density at radius 3 is 2.79 bits per heavy atom. The van der Waals surface area contributed by atoms with Crippen molar-refractivity contribution in [3.8, 4) is 0 Å². The first kappa shape index (κ1) is 12.8. The van der Waals surface area contributed by atoms with Gasteiger partial charge in [-0.3, -0.25) is 0 Å². The highest BCUT2D eigenvalue weighted by Gasteiger charge is 2.19. The van der Waals surface area contributed by atoms with Crippen molar-refractivity contribution in [3.05, 3.63) is 28.1 Å². The molecule has 1 aromatic heterocycles. The van der Waals surface area contributed by atoms with Gasteiger partial charge in [-0.1, -0.05) is 11.6 Å². The Labute approximate surface area is 120 Å². The summed E-state index contributed by atoms with van der Waals surface area (Å²) in [6.07, 6.45) is 2.49. The number of carbonyl (C=O) groups excluding carboxylic acids is 1. The first-order valence-electron chi connectivity index (χ1n) is 6.26. The van der Waals surface area contributed by atoms with E-state index >= 15 is 0 Å². The third-order valence-electron chi connectivity index (χ3n) is 3.46.